The molecule has 150 valence electrons. The molecule has 5 nitrogen and oxygen atoms in total. The van der Waals surface area contributed by atoms with E-state index in [9.17, 15) is 15.3 Å². The average molecular weight is 368 g/mol. The number of piperidine rings is 1. The second kappa shape index (κ2) is 8.04. The fraction of sp³-hybridized carbons (Fsp3) is 1.00. The molecular weight excluding hydrogens is 330 g/mol. The molecule has 1 unspecified atom stereocenters. The van der Waals surface area contributed by atoms with E-state index in [2.05, 4.69) is 4.90 Å². The maximum Gasteiger partial charge on any atom is 0.108 e. The van der Waals surface area contributed by atoms with Crippen molar-refractivity contribution in [2.24, 2.45) is 23.2 Å². The Labute approximate surface area is 157 Å². The van der Waals surface area contributed by atoms with Crippen molar-refractivity contribution >= 4 is 0 Å². The average Bonchev–Trinajstić information content (AvgIpc) is 2.57. The van der Waals surface area contributed by atoms with Gasteiger partial charge < -0.3 is 20.1 Å². The molecule has 1 heterocycles. The van der Waals surface area contributed by atoms with Crippen LogP contribution >= 0.6 is 0 Å². The van der Waals surface area contributed by atoms with Crippen LogP contribution in [0.3, 0.4) is 0 Å². The van der Waals surface area contributed by atoms with Crippen LogP contribution in [0.2, 0.25) is 0 Å². The molecule has 5 aliphatic rings. The normalized spacial score (nSPS) is 45.3. The lowest BCUT2D eigenvalue weighted by molar-refractivity contribution is -0.110. The predicted octanol–water partition coefficient (Wildman–Crippen LogP) is 1.79. The Hall–Kier alpha value is -0.200. The van der Waals surface area contributed by atoms with Gasteiger partial charge in [0.1, 0.15) is 6.10 Å². The summed E-state index contributed by atoms with van der Waals surface area (Å²) in [6, 6.07) is 0. The van der Waals surface area contributed by atoms with Crippen molar-refractivity contribution in [3.8, 4) is 0 Å². The lowest BCUT2D eigenvalue weighted by Crippen LogP contribution is -2.55. The topological polar surface area (TPSA) is 73.2 Å². The molecule has 5 rings (SSSR count). The van der Waals surface area contributed by atoms with Crippen LogP contribution in [0.5, 0.6) is 0 Å². The van der Waals surface area contributed by atoms with Crippen molar-refractivity contribution in [1.82, 2.24) is 4.90 Å². The van der Waals surface area contributed by atoms with Gasteiger partial charge in [-0.2, -0.15) is 0 Å². The Balaban J connectivity index is 1.08. The van der Waals surface area contributed by atoms with Crippen molar-refractivity contribution in [3.05, 3.63) is 0 Å². The number of ether oxygens (including phenoxy) is 1. The van der Waals surface area contributed by atoms with Crippen LogP contribution in [0.15, 0.2) is 0 Å². The Kier molecular flexibility index (Phi) is 5.92. The van der Waals surface area contributed by atoms with E-state index in [1.807, 2.05) is 0 Å². The first kappa shape index (κ1) is 19.1. The summed E-state index contributed by atoms with van der Waals surface area (Å²) in [6.45, 7) is 3.64. The van der Waals surface area contributed by atoms with Gasteiger partial charge in [-0.25, -0.2) is 0 Å². The summed E-state index contributed by atoms with van der Waals surface area (Å²) < 4.78 is 6.13. The Bertz CT molecular complexity index is 424. The minimum absolute atomic E-state index is 0.459. The quantitative estimate of drug-likeness (QED) is 0.571. The van der Waals surface area contributed by atoms with Gasteiger partial charge in [0.2, 0.25) is 0 Å². The molecule has 5 heteroatoms. The van der Waals surface area contributed by atoms with Crippen molar-refractivity contribution in [2.45, 2.75) is 76.1 Å². The van der Waals surface area contributed by atoms with E-state index >= 15 is 0 Å². The summed E-state index contributed by atoms with van der Waals surface area (Å²) in [6.07, 6.45) is 9.35. The van der Waals surface area contributed by atoms with Crippen LogP contribution in [0, 0.1) is 23.2 Å². The zero-order chi connectivity index (χ0) is 18.1. The summed E-state index contributed by atoms with van der Waals surface area (Å²) in [4.78, 5) is 2.05. The highest BCUT2D eigenvalue weighted by molar-refractivity contribution is 5.01. The first-order valence-electron chi connectivity index (χ1n) is 10.9. The van der Waals surface area contributed by atoms with E-state index in [0.717, 1.165) is 56.8 Å². The number of aliphatic hydroxyl groups is 3. The van der Waals surface area contributed by atoms with Crippen LogP contribution in [0.25, 0.3) is 0 Å². The molecule has 0 aromatic carbocycles. The highest BCUT2D eigenvalue weighted by Gasteiger charge is 2.50. The minimum atomic E-state index is -0.996. The highest BCUT2D eigenvalue weighted by Crippen LogP contribution is 2.60. The molecule has 1 aliphatic heterocycles. The molecule has 0 spiro atoms. The van der Waals surface area contributed by atoms with Crippen molar-refractivity contribution < 1.29 is 20.1 Å². The number of aliphatic hydroxyl groups excluding tert-OH is 3. The molecule has 4 bridgehead atoms. The molecule has 4 aliphatic carbocycles. The number of likely N-dealkylation sites (tertiary alicyclic amines) is 1. The third-order valence-electron chi connectivity index (χ3n) is 7.52. The highest BCUT2D eigenvalue weighted by atomic mass is 16.5. The number of rotatable bonds is 8. The number of hydrogen-bond acceptors (Lipinski definition) is 5. The molecule has 5 fully saturated rings. The van der Waals surface area contributed by atoms with Crippen LogP contribution < -0.4 is 0 Å². The largest absolute Gasteiger partial charge is 0.389 e. The maximum absolute atomic E-state index is 9.74. The number of nitrogens with zero attached hydrogens (tertiary/aromatic N) is 1. The molecule has 4 saturated carbocycles. The second-order valence-electron chi connectivity index (χ2n) is 9.92. The van der Waals surface area contributed by atoms with Gasteiger partial charge in [-0.3, -0.25) is 4.90 Å². The van der Waals surface area contributed by atoms with Gasteiger partial charge in [0.25, 0.3) is 0 Å². The number of hydrogen-bond donors (Lipinski definition) is 3. The Morgan fingerprint density at radius 3 is 1.96 bits per heavy atom. The first-order chi connectivity index (χ1) is 12.5. The molecule has 0 aromatic heterocycles. The summed E-state index contributed by atoms with van der Waals surface area (Å²) in [5.41, 5.74) is 0.523. The molecule has 3 N–H and O–H groups in total. The predicted molar refractivity (Wildman–Crippen MR) is 99.7 cm³/mol. The van der Waals surface area contributed by atoms with Crippen molar-refractivity contribution in [3.63, 3.8) is 0 Å². The van der Waals surface area contributed by atoms with Crippen molar-refractivity contribution in [1.29, 1.82) is 0 Å². The monoisotopic (exact) mass is 367 g/mol. The molecule has 0 radical (unpaired) electrons. The molecule has 3 atom stereocenters. The lowest BCUT2D eigenvalue weighted by atomic mass is 9.50. The minimum Gasteiger partial charge on any atom is -0.389 e. The standard InChI is InChI=1S/C21H37NO4/c23-18-12-22(13-19(24)20(18)25)4-2-1-3-5-26-14-21-9-15-6-16(10-21)8-17(7-15)11-21/h15-20,23-25H,1-14H2/t15?,16?,17?,18-,19+,20?,21?. The number of unbranched alkanes of at least 4 members (excludes halogenated alkanes) is 2. The van der Waals surface area contributed by atoms with E-state index in [1.165, 1.54) is 38.5 Å². The van der Waals surface area contributed by atoms with E-state index in [1.54, 1.807) is 0 Å². The molecule has 0 amide bonds. The van der Waals surface area contributed by atoms with Crippen LogP contribution in [0.1, 0.15) is 57.8 Å². The maximum atomic E-state index is 9.74. The molecule has 0 aromatic rings. The molecule has 26 heavy (non-hydrogen) atoms. The SMILES string of the molecule is OC1[C@H](O)CN(CCCCCOCC23CC4CC(CC(C4)C2)C3)C[C@@H]1O. The molecule has 1 saturated heterocycles. The van der Waals surface area contributed by atoms with E-state index in [-0.39, 0.29) is 0 Å². The lowest BCUT2D eigenvalue weighted by Gasteiger charge is -2.56. The summed E-state index contributed by atoms with van der Waals surface area (Å²) >= 11 is 0. The summed E-state index contributed by atoms with van der Waals surface area (Å²) in [5.74, 6) is 3.00. The summed E-state index contributed by atoms with van der Waals surface area (Å²) in [5, 5.41) is 29.0. The van der Waals surface area contributed by atoms with Gasteiger partial charge in [-0.05, 0) is 87.5 Å². The van der Waals surface area contributed by atoms with Gasteiger partial charge in [-0.15, -0.1) is 0 Å². The van der Waals surface area contributed by atoms with Crippen LogP contribution in [0.4, 0.5) is 0 Å². The van der Waals surface area contributed by atoms with Crippen molar-refractivity contribution in [2.75, 3.05) is 32.8 Å². The van der Waals surface area contributed by atoms with Gasteiger partial charge in [0.05, 0.1) is 18.8 Å². The Morgan fingerprint density at radius 2 is 1.38 bits per heavy atom. The van der Waals surface area contributed by atoms with Crippen LogP contribution in [-0.2, 0) is 4.74 Å². The van der Waals surface area contributed by atoms with Gasteiger partial charge in [0, 0.05) is 19.7 Å². The molecular formula is C21H37NO4. The zero-order valence-corrected chi connectivity index (χ0v) is 16.1. The first-order valence-corrected chi connectivity index (χ1v) is 10.9. The van der Waals surface area contributed by atoms with E-state index in [4.69, 9.17) is 4.74 Å². The zero-order valence-electron chi connectivity index (χ0n) is 16.1. The van der Waals surface area contributed by atoms with Gasteiger partial charge in [-0.1, -0.05) is 0 Å². The van der Waals surface area contributed by atoms with E-state index < -0.39 is 18.3 Å². The Morgan fingerprint density at radius 1 is 0.808 bits per heavy atom. The smallest absolute Gasteiger partial charge is 0.108 e. The van der Waals surface area contributed by atoms with Crippen LogP contribution in [-0.4, -0.2) is 71.4 Å². The summed E-state index contributed by atoms with van der Waals surface area (Å²) in [7, 11) is 0. The third-order valence-corrected chi connectivity index (χ3v) is 7.52. The third kappa shape index (κ3) is 4.27. The number of β-amino-alcohol motifs (C(OH)–C–C–N with tert-alkyl or cyclic N) is 2. The fourth-order valence-corrected chi connectivity index (χ4v) is 6.73. The second-order valence-corrected chi connectivity index (χ2v) is 9.92. The van der Waals surface area contributed by atoms with E-state index in [0.29, 0.717) is 18.5 Å². The van der Waals surface area contributed by atoms with Gasteiger partial charge >= 0.3 is 0 Å². The fourth-order valence-electron chi connectivity index (χ4n) is 6.73. The van der Waals surface area contributed by atoms with Gasteiger partial charge in [0.15, 0.2) is 0 Å².